The summed E-state index contributed by atoms with van der Waals surface area (Å²) >= 11 is 0. The molecule has 1 unspecified atom stereocenters. The van der Waals surface area contributed by atoms with Crippen LogP contribution in [0, 0.1) is 5.92 Å². The van der Waals surface area contributed by atoms with Gasteiger partial charge in [-0.15, -0.1) is 0 Å². The van der Waals surface area contributed by atoms with E-state index >= 15 is 0 Å². The molecule has 120 valence electrons. The standard InChI is InChI=1S/C20H24N2O/c21-19-9-5-4-8-18(19)10-11-20(23)22-13-12-17(15-22)14-16-6-2-1-3-7-16/h1-9,17H,10-15,21H2. The maximum absolute atomic E-state index is 12.4. The van der Waals surface area contributed by atoms with Crippen LogP contribution in [0.15, 0.2) is 54.6 Å². The monoisotopic (exact) mass is 308 g/mol. The smallest absolute Gasteiger partial charge is 0.222 e. The summed E-state index contributed by atoms with van der Waals surface area (Å²) in [7, 11) is 0. The van der Waals surface area contributed by atoms with Crippen LogP contribution in [0.25, 0.3) is 0 Å². The largest absolute Gasteiger partial charge is 0.399 e. The molecule has 0 aromatic heterocycles. The van der Waals surface area contributed by atoms with E-state index in [-0.39, 0.29) is 5.91 Å². The SMILES string of the molecule is Nc1ccccc1CCC(=O)N1CCC(Cc2ccccc2)C1. The molecule has 0 spiro atoms. The van der Waals surface area contributed by atoms with Crippen molar-refractivity contribution in [1.29, 1.82) is 0 Å². The van der Waals surface area contributed by atoms with Crippen molar-refractivity contribution >= 4 is 11.6 Å². The number of benzene rings is 2. The second-order valence-electron chi connectivity index (χ2n) is 6.38. The van der Waals surface area contributed by atoms with Crippen LogP contribution in [0.4, 0.5) is 5.69 Å². The highest BCUT2D eigenvalue weighted by molar-refractivity contribution is 5.77. The van der Waals surface area contributed by atoms with Gasteiger partial charge in [-0.1, -0.05) is 48.5 Å². The molecule has 0 aliphatic carbocycles. The van der Waals surface area contributed by atoms with E-state index in [1.165, 1.54) is 5.56 Å². The Morgan fingerprint density at radius 3 is 2.61 bits per heavy atom. The molecule has 1 aliphatic rings. The molecular formula is C20H24N2O. The second-order valence-corrected chi connectivity index (χ2v) is 6.38. The zero-order valence-corrected chi connectivity index (χ0v) is 13.4. The third kappa shape index (κ3) is 4.13. The number of nitrogens with two attached hydrogens (primary N) is 1. The van der Waals surface area contributed by atoms with Gasteiger partial charge in [-0.25, -0.2) is 0 Å². The lowest BCUT2D eigenvalue weighted by atomic mass is 9.99. The lowest BCUT2D eigenvalue weighted by molar-refractivity contribution is -0.130. The number of aryl methyl sites for hydroxylation is 1. The van der Waals surface area contributed by atoms with Crippen LogP contribution < -0.4 is 5.73 Å². The Labute approximate surface area is 138 Å². The van der Waals surface area contributed by atoms with Crippen LogP contribution in [0.2, 0.25) is 0 Å². The van der Waals surface area contributed by atoms with Gasteiger partial charge >= 0.3 is 0 Å². The summed E-state index contributed by atoms with van der Waals surface area (Å²) in [5, 5.41) is 0. The van der Waals surface area contributed by atoms with Gasteiger partial charge < -0.3 is 10.6 Å². The molecule has 1 heterocycles. The van der Waals surface area contributed by atoms with Gasteiger partial charge in [0, 0.05) is 25.2 Å². The Kier molecular flexibility index (Phi) is 4.96. The summed E-state index contributed by atoms with van der Waals surface area (Å²) in [6.45, 7) is 1.78. The van der Waals surface area contributed by atoms with Crippen molar-refractivity contribution in [2.75, 3.05) is 18.8 Å². The molecule has 3 nitrogen and oxygen atoms in total. The number of carbonyl (C=O) groups excluding carboxylic acids is 1. The second kappa shape index (κ2) is 7.32. The fourth-order valence-electron chi connectivity index (χ4n) is 3.33. The Balaban J connectivity index is 1.49. The fraction of sp³-hybridized carbons (Fsp3) is 0.350. The number of likely N-dealkylation sites (tertiary alicyclic amines) is 1. The molecule has 1 fully saturated rings. The van der Waals surface area contributed by atoms with E-state index in [9.17, 15) is 4.79 Å². The van der Waals surface area contributed by atoms with Crippen LogP contribution in [0.1, 0.15) is 24.0 Å². The van der Waals surface area contributed by atoms with Crippen molar-refractivity contribution in [3.63, 3.8) is 0 Å². The summed E-state index contributed by atoms with van der Waals surface area (Å²) in [6.07, 6.45) is 3.45. The van der Waals surface area contributed by atoms with Crippen LogP contribution in [0.3, 0.4) is 0 Å². The average molecular weight is 308 g/mol. The van der Waals surface area contributed by atoms with Gasteiger partial charge in [0.25, 0.3) is 0 Å². The number of hydrogen-bond donors (Lipinski definition) is 1. The summed E-state index contributed by atoms with van der Waals surface area (Å²) < 4.78 is 0. The van der Waals surface area contributed by atoms with Gasteiger partial charge in [0.1, 0.15) is 0 Å². The van der Waals surface area contributed by atoms with E-state index in [4.69, 9.17) is 5.73 Å². The molecule has 1 aliphatic heterocycles. The summed E-state index contributed by atoms with van der Waals surface area (Å²) in [5.41, 5.74) is 9.16. The number of anilines is 1. The summed E-state index contributed by atoms with van der Waals surface area (Å²) in [5.74, 6) is 0.840. The minimum Gasteiger partial charge on any atom is -0.399 e. The maximum atomic E-state index is 12.4. The summed E-state index contributed by atoms with van der Waals surface area (Å²) in [6, 6.07) is 18.3. The molecule has 0 radical (unpaired) electrons. The number of nitrogens with zero attached hydrogens (tertiary/aromatic N) is 1. The normalized spacial score (nSPS) is 17.4. The molecule has 1 atom stereocenters. The van der Waals surface area contributed by atoms with Crippen molar-refractivity contribution < 1.29 is 4.79 Å². The number of para-hydroxylation sites is 1. The zero-order valence-electron chi connectivity index (χ0n) is 13.4. The highest BCUT2D eigenvalue weighted by Gasteiger charge is 2.25. The van der Waals surface area contributed by atoms with Gasteiger partial charge in [0.15, 0.2) is 0 Å². The molecule has 1 amide bonds. The Bertz CT molecular complexity index is 654. The van der Waals surface area contributed by atoms with E-state index in [2.05, 4.69) is 24.3 Å². The van der Waals surface area contributed by atoms with Crippen LogP contribution in [0.5, 0.6) is 0 Å². The van der Waals surface area contributed by atoms with Crippen molar-refractivity contribution in [2.45, 2.75) is 25.7 Å². The molecule has 2 aromatic rings. The number of rotatable bonds is 5. The third-order valence-electron chi connectivity index (χ3n) is 4.67. The lowest BCUT2D eigenvalue weighted by Gasteiger charge is -2.17. The number of carbonyl (C=O) groups is 1. The molecule has 2 N–H and O–H groups in total. The van der Waals surface area contributed by atoms with Crippen LogP contribution in [-0.2, 0) is 17.6 Å². The highest BCUT2D eigenvalue weighted by atomic mass is 16.2. The first-order chi connectivity index (χ1) is 11.2. The number of hydrogen-bond acceptors (Lipinski definition) is 2. The van der Waals surface area contributed by atoms with Crippen molar-refractivity contribution in [3.8, 4) is 0 Å². The first-order valence-corrected chi connectivity index (χ1v) is 8.37. The van der Waals surface area contributed by atoms with Gasteiger partial charge in [-0.2, -0.15) is 0 Å². The molecule has 3 rings (SSSR count). The van der Waals surface area contributed by atoms with E-state index < -0.39 is 0 Å². The molecule has 1 saturated heterocycles. The molecular weight excluding hydrogens is 284 g/mol. The van der Waals surface area contributed by atoms with E-state index in [0.29, 0.717) is 12.3 Å². The van der Waals surface area contributed by atoms with Crippen molar-refractivity contribution in [3.05, 3.63) is 65.7 Å². The predicted octanol–water partition coefficient (Wildman–Crippen LogP) is 3.29. The van der Waals surface area contributed by atoms with Crippen LogP contribution >= 0.6 is 0 Å². The van der Waals surface area contributed by atoms with Gasteiger partial charge in [0.05, 0.1) is 0 Å². The Morgan fingerprint density at radius 1 is 1.09 bits per heavy atom. The molecule has 2 aromatic carbocycles. The highest BCUT2D eigenvalue weighted by Crippen LogP contribution is 2.22. The fourth-order valence-corrected chi connectivity index (χ4v) is 3.33. The Hall–Kier alpha value is -2.29. The van der Waals surface area contributed by atoms with Crippen LogP contribution in [-0.4, -0.2) is 23.9 Å². The third-order valence-corrected chi connectivity index (χ3v) is 4.67. The zero-order chi connectivity index (χ0) is 16.1. The molecule has 3 heteroatoms. The first-order valence-electron chi connectivity index (χ1n) is 8.37. The van der Waals surface area contributed by atoms with Crippen molar-refractivity contribution in [1.82, 2.24) is 4.90 Å². The van der Waals surface area contributed by atoms with E-state index in [1.807, 2.05) is 35.2 Å². The quantitative estimate of drug-likeness (QED) is 0.862. The maximum Gasteiger partial charge on any atom is 0.222 e. The van der Waals surface area contributed by atoms with E-state index in [0.717, 1.165) is 43.6 Å². The molecule has 23 heavy (non-hydrogen) atoms. The Morgan fingerprint density at radius 2 is 1.83 bits per heavy atom. The van der Waals surface area contributed by atoms with E-state index in [1.54, 1.807) is 0 Å². The van der Waals surface area contributed by atoms with Gasteiger partial charge in [-0.05, 0) is 42.4 Å². The summed E-state index contributed by atoms with van der Waals surface area (Å²) in [4.78, 5) is 14.4. The van der Waals surface area contributed by atoms with Gasteiger partial charge in [-0.3, -0.25) is 4.79 Å². The average Bonchev–Trinajstić information content (AvgIpc) is 3.03. The molecule has 0 bridgehead atoms. The molecule has 0 saturated carbocycles. The minimum absolute atomic E-state index is 0.254. The lowest BCUT2D eigenvalue weighted by Crippen LogP contribution is -2.29. The topological polar surface area (TPSA) is 46.3 Å². The first kappa shape index (κ1) is 15.6. The predicted molar refractivity (Wildman–Crippen MR) is 94.0 cm³/mol. The van der Waals surface area contributed by atoms with Gasteiger partial charge in [0.2, 0.25) is 5.91 Å². The number of nitrogen functional groups attached to an aromatic ring is 1. The van der Waals surface area contributed by atoms with Crippen molar-refractivity contribution in [2.24, 2.45) is 5.92 Å². The minimum atomic E-state index is 0.254. The number of amides is 1.